The lowest BCUT2D eigenvalue weighted by molar-refractivity contribution is -0.119. The molecular weight excluding hydrogens is 202 g/mol. The van der Waals surface area contributed by atoms with Crippen molar-refractivity contribution in [2.75, 3.05) is 0 Å². The molecule has 0 aliphatic heterocycles. The fraction of sp³-hybridized carbons (Fsp3) is 0.308. The topological polar surface area (TPSA) is 63.3 Å². The molecule has 0 heterocycles. The van der Waals surface area contributed by atoms with Gasteiger partial charge in [-0.3, -0.25) is 4.79 Å². The van der Waals surface area contributed by atoms with E-state index < -0.39 is 12.1 Å². The minimum absolute atomic E-state index is 0.215. The van der Waals surface area contributed by atoms with Crippen LogP contribution in [0.3, 0.4) is 0 Å². The summed E-state index contributed by atoms with van der Waals surface area (Å²) in [6, 6.07) is 8.75. The molecule has 0 aromatic heterocycles. The number of benzene rings is 1. The van der Waals surface area contributed by atoms with Crippen molar-refractivity contribution in [2.24, 2.45) is 5.73 Å². The zero-order valence-corrected chi connectivity index (χ0v) is 9.55. The summed E-state index contributed by atoms with van der Waals surface area (Å²) in [6.07, 6.45) is 0.908. The van der Waals surface area contributed by atoms with Crippen LogP contribution < -0.4 is 5.73 Å². The van der Waals surface area contributed by atoms with Gasteiger partial charge in [0, 0.05) is 0 Å². The minimum Gasteiger partial charge on any atom is -0.387 e. The molecule has 3 nitrogen and oxygen atoms in total. The van der Waals surface area contributed by atoms with Crippen LogP contribution in [-0.4, -0.2) is 23.0 Å². The van der Waals surface area contributed by atoms with E-state index in [1.165, 1.54) is 6.92 Å². The van der Waals surface area contributed by atoms with Crippen molar-refractivity contribution >= 4 is 11.9 Å². The highest BCUT2D eigenvalue weighted by Gasteiger charge is 2.20. The second kappa shape index (κ2) is 5.58. The van der Waals surface area contributed by atoms with E-state index in [4.69, 9.17) is 5.73 Å². The normalized spacial score (nSPS) is 15.6. The van der Waals surface area contributed by atoms with E-state index in [0.29, 0.717) is 5.57 Å². The fourth-order valence-corrected chi connectivity index (χ4v) is 1.40. The third-order valence-electron chi connectivity index (χ3n) is 2.47. The Bertz CT molecular complexity index is 384. The molecule has 0 saturated carbocycles. The first-order valence-electron chi connectivity index (χ1n) is 5.19. The molecule has 16 heavy (non-hydrogen) atoms. The first-order valence-corrected chi connectivity index (χ1v) is 5.19. The summed E-state index contributed by atoms with van der Waals surface area (Å²) in [5, 5.41) is 9.80. The smallest absolute Gasteiger partial charge is 0.149 e. The van der Waals surface area contributed by atoms with Crippen LogP contribution >= 0.6 is 0 Å². The monoisotopic (exact) mass is 219 g/mol. The highest BCUT2D eigenvalue weighted by Crippen LogP contribution is 2.11. The number of aliphatic hydroxyl groups excluding tert-OH is 1. The molecule has 0 spiro atoms. The van der Waals surface area contributed by atoms with Crippen LogP contribution in [0.15, 0.2) is 35.9 Å². The third-order valence-corrected chi connectivity index (χ3v) is 2.47. The first-order chi connectivity index (χ1) is 7.52. The van der Waals surface area contributed by atoms with Crippen LogP contribution in [0, 0.1) is 0 Å². The number of rotatable bonds is 4. The maximum atomic E-state index is 11.0. The molecule has 0 unspecified atom stereocenters. The van der Waals surface area contributed by atoms with Gasteiger partial charge in [0.1, 0.15) is 5.78 Å². The standard InChI is InChI=1S/C13H17NO2/c1-9(13(16)12(14)10(2)15)8-11-6-4-3-5-7-11/h3-8,12-13,16H,14H2,1-2H3/b9-8+/t12-,13-/m1/s1. The maximum Gasteiger partial charge on any atom is 0.149 e. The molecular formula is C13H17NO2. The molecule has 86 valence electrons. The molecule has 1 aromatic rings. The van der Waals surface area contributed by atoms with Crippen LogP contribution in [0.2, 0.25) is 0 Å². The minimum atomic E-state index is -0.919. The summed E-state index contributed by atoms with van der Waals surface area (Å²) in [5.74, 6) is -0.215. The molecule has 2 atom stereocenters. The number of nitrogens with two attached hydrogens (primary N) is 1. The second-order valence-corrected chi connectivity index (χ2v) is 3.88. The van der Waals surface area contributed by atoms with Crippen molar-refractivity contribution in [1.82, 2.24) is 0 Å². The van der Waals surface area contributed by atoms with Crippen molar-refractivity contribution in [3.05, 3.63) is 41.5 Å². The summed E-state index contributed by atoms with van der Waals surface area (Å²) in [5.41, 5.74) is 7.24. The van der Waals surface area contributed by atoms with E-state index in [9.17, 15) is 9.90 Å². The average molecular weight is 219 g/mol. The molecule has 1 rings (SSSR count). The van der Waals surface area contributed by atoms with Gasteiger partial charge in [-0.25, -0.2) is 0 Å². The molecule has 0 saturated heterocycles. The Morgan fingerprint density at radius 2 is 1.88 bits per heavy atom. The van der Waals surface area contributed by atoms with Crippen molar-refractivity contribution < 1.29 is 9.90 Å². The van der Waals surface area contributed by atoms with Crippen LogP contribution in [-0.2, 0) is 4.79 Å². The predicted octanol–water partition coefficient (Wildman–Crippen LogP) is 1.37. The molecule has 3 heteroatoms. The van der Waals surface area contributed by atoms with Crippen molar-refractivity contribution in [3.63, 3.8) is 0 Å². The number of ketones is 1. The highest BCUT2D eigenvalue weighted by atomic mass is 16.3. The van der Waals surface area contributed by atoms with Crippen LogP contribution in [0.25, 0.3) is 6.08 Å². The Labute approximate surface area is 95.6 Å². The average Bonchev–Trinajstić information content (AvgIpc) is 2.28. The Balaban J connectivity index is 2.82. The highest BCUT2D eigenvalue weighted by molar-refractivity contribution is 5.82. The SMILES string of the molecule is CC(=O)[C@@H](N)[C@H](O)/C(C)=C/c1ccccc1. The lowest BCUT2D eigenvalue weighted by atomic mass is 9.99. The molecule has 0 aliphatic rings. The van der Waals surface area contributed by atoms with Crippen LogP contribution in [0.4, 0.5) is 0 Å². The Morgan fingerprint density at radius 1 is 1.31 bits per heavy atom. The van der Waals surface area contributed by atoms with Crippen molar-refractivity contribution in [1.29, 1.82) is 0 Å². The van der Waals surface area contributed by atoms with Gasteiger partial charge in [-0.05, 0) is 25.0 Å². The van der Waals surface area contributed by atoms with Gasteiger partial charge in [0.25, 0.3) is 0 Å². The van der Waals surface area contributed by atoms with Crippen molar-refractivity contribution in [2.45, 2.75) is 26.0 Å². The molecule has 1 aromatic carbocycles. The van der Waals surface area contributed by atoms with E-state index in [1.807, 2.05) is 36.4 Å². The van der Waals surface area contributed by atoms with Gasteiger partial charge >= 0.3 is 0 Å². The van der Waals surface area contributed by atoms with Gasteiger partial charge in [-0.15, -0.1) is 0 Å². The van der Waals surface area contributed by atoms with Gasteiger partial charge in [-0.1, -0.05) is 36.4 Å². The van der Waals surface area contributed by atoms with Crippen LogP contribution in [0.1, 0.15) is 19.4 Å². The van der Waals surface area contributed by atoms with E-state index in [0.717, 1.165) is 5.56 Å². The molecule has 0 radical (unpaired) electrons. The summed E-state index contributed by atoms with van der Waals surface area (Å²) in [4.78, 5) is 11.0. The fourth-order valence-electron chi connectivity index (χ4n) is 1.40. The first kappa shape index (κ1) is 12.6. The predicted molar refractivity (Wildman–Crippen MR) is 64.8 cm³/mol. The molecule has 0 aliphatic carbocycles. The zero-order chi connectivity index (χ0) is 12.1. The Hall–Kier alpha value is -1.45. The van der Waals surface area contributed by atoms with E-state index in [2.05, 4.69) is 0 Å². The largest absolute Gasteiger partial charge is 0.387 e. The quantitative estimate of drug-likeness (QED) is 0.803. The van der Waals surface area contributed by atoms with Gasteiger partial charge in [0.05, 0.1) is 12.1 Å². The number of carbonyl (C=O) groups is 1. The summed E-state index contributed by atoms with van der Waals surface area (Å²) < 4.78 is 0. The number of carbonyl (C=O) groups excluding carboxylic acids is 1. The zero-order valence-electron chi connectivity index (χ0n) is 9.55. The molecule has 0 amide bonds. The van der Waals surface area contributed by atoms with E-state index in [1.54, 1.807) is 6.92 Å². The van der Waals surface area contributed by atoms with Gasteiger partial charge < -0.3 is 10.8 Å². The maximum absolute atomic E-state index is 11.0. The lowest BCUT2D eigenvalue weighted by Gasteiger charge is -2.16. The van der Waals surface area contributed by atoms with E-state index >= 15 is 0 Å². The number of aliphatic hydroxyl groups is 1. The summed E-state index contributed by atoms with van der Waals surface area (Å²) in [7, 11) is 0. The van der Waals surface area contributed by atoms with E-state index in [-0.39, 0.29) is 5.78 Å². The lowest BCUT2D eigenvalue weighted by Crippen LogP contribution is -2.41. The van der Waals surface area contributed by atoms with Crippen LogP contribution in [0.5, 0.6) is 0 Å². The molecule has 3 N–H and O–H groups in total. The number of Topliss-reactive ketones (excluding diaryl/α,β-unsaturated/α-hetero) is 1. The molecule has 0 bridgehead atoms. The summed E-state index contributed by atoms with van der Waals surface area (Å²) >= 11 is 0. The number of hydrogen-bond acceptors (Lipinski definition) is 3. The number of hydrogen-bond donors (Lipinski definition) is 2. The second-order valence-electron chi connectivity index (χ2n) is 3.88. The molecule has 0 fully saturated rings. The third kappa shape index (κ3) is 3.29. The van der Waals surface area contributed by atoms with Gasteiger partial charge in [0.2, 0.25) is 0 Å². The van der Waals surface area contributed by atoms with Gasteiger partial charge in [0.15, 0.2) is 0 Å². The van der Waals surface area contributed by atoms with Crippen molar-refractivity contribution in [3.8, 4) is 0 Å². The summed E-state index contributed by atoms with van der Waals surface area (Å²) in [6.45, 7) is 3.14. The Morgan fingerprint density at radius 3 is 2.38 bits per heavy atom. The van der Waals surface area contributed by atoms with Gasteiger partial charge in [-0.2, -0.15) is 0 Å². The Kier molecular flexibility index (Phi) is 4.40.